The Balaban J connectivity index is 1.79. The van der Waals surface area contributed by atoms with E-state index in [9.17, 15) is 9.90 Å². The van der Waals surface area contributed by atoms with Crippen molar-refractivity contribution in [2.45, 2.75) is 0 Å². The van der Waals surface area contributed by atoms with E-state index in [1.165, 1.54) is 0 Å². The number of benzene rings is 2. The first-order chi connectivity index (χ1) is 10.6. The predicted octanol–water partition coefficient (Wildman–Crippen LogP) is 4.84. The quantitative estimate of drug-likeness (QED) is 0.590. The predicted molar refractivity (Wildman–Crippen MR) is 85.0 cm³/mol. The standard InChI is InChI=1S/C15H11ClN4O2/c16-9-5-7-10(8-6-9)17-15(22)20-19-13-11-3-1-2-4-12(11)18-14(13)21/h1-8,18,21H,(H,17,22). The Hall–Kier alpha value is -2.86. The van der Waals surface area contributed by atoms with Gasteiger partial charge in [-0.15, -0.1) is 5.11 Å². The van der Waals surface area contributed by atoms with Crippen LogP contribution in [0.2, 0.25) is 5.02 Å². The van der Waals surface area contributed by atoms with E-state index in [1.54, 1.807) is 36.4 Å². The number of hydrogen-bond donors (Lipinski definition) is 3. The molecular weight excluding hydrogens is 304 g/mol. The van der Waals surface area contributed by atoms with Crippen LogP contribution in [0.25, 0.3) is 10.9 Å². The number of H-pyrrole nitrogens is 1. The first kappa shape index (κ1) is 14.1. The molecule has 2 aromatic carbocycles. The highest BCUT2D eigenvalue weighted by Crippen LogP contribution is 2.35. The maximum atomic E-state index is 11.7. The fraction of sp³-hybridized carbons (Fsp3) is 0. The maximum absolute atomic E-state index is 11.7. The van der Waals surface area contributed by atoms with Crippen molar-refractivity contribution in [1.29, 1.82) is 0 Å². The number of aromatic nitrogens is 1. The molecule has 3 aromatic rings. The molecule has 0 bridgehead atoms. The van der Waals surface area contributed by atoms with Gasteiger partial charge in [0.2, 0.25) is 5.88 Å². The van der Waals surface area contributed by atoms with Gasteiger partial charge in [0.25, 0.3) is 0 Å². The first-order valence-electron chi connectivity index (χ1n) is 6.41. The highest BCUT2D eigenvalue weighted by molar-refractivity contribution is 6.30. The third-order valence-electron chi connectivity index (χ3n) is 3.00. The molecular formula is C15H11ClN4O2. The van der Waals surface area contributed by atoms with Crippen LogP contribution >= 0.6 is 11.6 Å². The Kier molecular flexibility index (Phi) is 3.76. The Morgan fingerprint density at radius 3 is 2.64 bits per heavy atom. The fourth-order valence-corrected chi connectivity index (χ4v) is 2.12. The molecule has 1 aromatic heterocycles. The van der Waals surface area contributed by atoms with Crippen molar-refractivity contribution in [1.82, 2.24) is 4.98 Å². The van der Waals surface area contributed by atoms with Crippen molar-refractivity contribution in [3.8, 4) is 5.88 Å². The lowest BCUT2D eigenvalue weighted by atomic mass is 10.2. The number of rotatable bonds is 2. The lowest BCUT2D eigenvalue weighted by Crippen LogP contribution is -2.04. The summed E-state index contributed by atoms with van der Waals surface area (Å²) in [5.74, 6) is -0.135. The van der Waals surface area contributed by atoms with Crippen molar-refractivity contribution in [3.05, 3.63) is 53.6 Å². The fourth-order valence-electron chi connectivity index (χ4n) is 1.99. The molecule has 0 atom stereocenters. The monoisotopic (exact) mass is 314 g/mol. The third kappa shape index (κ3) is 2.91. The summed E-state index contributed by atoms with van der Waals surface area (Å²) in [6, 6.07) is 13.2. The molecule has 0 unspecified atom stereocenters. The zero-order valence-electron chi connectivity index (χ0n) is 11.2. The van der Waals surface area contributed by atoms with Crippen molar-refractivity contribution in [2.75, 3.05) is 5.32 Å². The smallest absolute Gasteiger partial charge is 0.364 e. The number of aromatic amines is 1. The summed E-state index contributed by atoms with van der Waals surface area (Å²) in [6.07, 6.45) is 0. The minimum atomic E-state index is -0.646. The summed E-state index contributed by atoms with van der Waals surface area (Å²) < 4.78 is 0. The lowest BCUT2D eigenvalue weighted by molar-refractivity contribution is 0.258. The molecule has 6 nitrogen and oxygen atoms in total. The molecule has 7 heteroatoms. The largest absolute Gasteiger partial charge is 0.493 e. The third-order valence-corrected chi connectivity index (χ3v) is 3.25. The maximum Gasteiger partial charge on any atom is 0.364 e. The second kappa shape index (κ2) is 5.87. The van der Waals surface area contributed by atoms with E-state index in [4.69, 9.17) is 11.6 Å². The van der Waals surface area contributed by atoms with E-state index in [0.717, 1.165) is 0 Å². The molecule has 0 aliphatic heterocycles. The van der Waals surface area contributed by atoms with Gasteiger partial charge in [0, 0.05) is 16.1 Å². The van der Waals surface area contributed by atoms with Gasteiger partial charge in [-0.1, -0.05) is 34.9 Å². The van der Waals surface area contributed by atoms with E-state index in [-0.39, 0.29) is 11.6 Å². The van der Waals surface area contributed by atoms with Gasteiger partial charge in [0.15, 0.2) is 5.69 Å². The van der Waals surface area contributed by atoms with Crippen LogP contribution in [-0.2, 0) is 0 Å². The molecule has 0 aliphatic carbocycles. The van der Waals surface area contributed by atoms with E-state index in [1.807, 2.05) is 12.1 Å². The van der Waals surface area contributed by atoms with Crippen LogP contribution in [-0.4, -0.2) is 16.1 Å². The number of nitrogens with zero attached hydrogens (tertiary/aromatic N) is 2. The van der Waals surface area contributed by atoms with Crippen LogP contribution in [0, 0.1) is 0 Å². The number of para-hydroxylation sites is 1. The molecule has 0 saturated carbocycles. The zero-order chi connectivity index (χ0) is 15.5. The van der Waals surface area contributed by atoms with Crippen LogP contribution in [0.1, 0.15) is 0 Å². The summed E-state index contributed by atoms with van der Waals surface area (Å²) >= 11 is 5.76. The number of fused-ring (bicyclic) bond motifs is 1. The molecule has 2 amide bonds. The lowest BCUT2D eigenvalue weighted by Gasteiger charge is -2.00. The molecule has 0 fully saturated rings. The molecule has 22 heavy (non-hydrogen) atoms. The Morgan fingerprint density at radius 1 is 1.14 bits per heavy atom. The second-order valence-electron chi connectivity index (χ2n) is 4.50. The average molecular weight is 315 g/mol. The Bertz CT molecular complexity index is 856. The molecule has 0 radical (unpaired) electrons. The van der Waals surface area contributed by atoms with Gasteiger partial charge in [0.1, 0.15) is 0 Å². The van der Waals surface area contributed by atoms with Crippen LogP contribution in [0.4, 0.5) is 16.2 Å². The number of anilines is 1. The van der Waals surface area contributed by atoms with Crippen LogP contribution in [0.3, 0.4) is 0 Å². The number of carbonyl (C=O) groups is 1. The van der Waals surface area contributed by atoms with Crippen molar-refractivity contribution >= 4 is 39.9 Å². The first-order valence-corrected chi connectivity index (χ1v) is 6.79. The highest BCUT2D eigenvalue weighted by atomic mass is 35.5. The second-order valence-corrected chi connectivity index (χ2v) is 4.94. The molecule has 110 valence electrons. The van der Waals surface area contributed by atoms with Crippen LogP contribution < -0.4 is 5.32 Å². The number of hydrogen-bond acceptors (Lipinski definition) is 3. The number of carbonyl (C=O) groups excluding carboxylic acids is 1. The summed E-state index contributed by atoms with van der Waals surface area (Å²) in [7, 11) is 0. The number of halogens is 1. The van der Waals surface area contributed by atoms with Crippen LogP contribution in [0.15, 0.2) is 58.8 Å². The number of azo groups is 1. The number of aromatic hydroxyl groups is 1. The Morgan fingerprint density at radius 2 is 1.86 bits per heavy atom. The van der Waals surface area contributed by atoms with E-state index >= 15 is 0 Å². The molecule has 0 spiro atoms. The van der Waals surface area contributed by atoms with Crippen molar-refractivity contribution < 1.29 is 9.90 Å². The SMILES string of the molecule is O=C(N=Nc1c(O)[nH]c2ccccc12)Nc1ccc(Cl)cc1. The van der Waals surface area contributed by atoms with Gasteiger partial charge >= 0.3 is 6.03 Å². The van der Waals surface area contributed by atoms with Crippen LogP contribution in [0.5, 0.6) is 5.88 Å². The van der Waals surface area contributed by atoms with Gasteiger partial charge in [-0.2, -0.15) is 0 Å². The number of nitrogens with one attached hydrogen (secondary N) is 2. The average Bonchev–Trinajstić information content (AvgIpc) is 2.83. The topological polar surface area (TPSA) is 89.8 Å². The minimum Gasteiger partial charge on any atom is -0.493 e. The van der Waals surface area contributed by atoms with Gasteiger partial charge in [-0.25, -0.2) is 4.79 Å². The number of urea groups is 1. The van der Waals surface area contributed by atoms with Gasteiger partial charge in [-0.3, -0.25) is 0 Å². The normalized spacial score (nSPS) is 11.1. The van der Waals surface area contributed by atoms with Crippen molar-refractivity contribution in [3.63, 3.8) is 0 Å². The molecule has 1 heterocycles. The zero-order valence-corrected chi connectivity index (χ0v) is 12.0. The minimum absolute atomic E-state index is 0.135. The Labute approximate surface area is 130 Å². The van der Waals surface area contributed by atoms with E-state index in [2.05, 4.69) is 20.5 Å². The van der Waals surface area contributed by atoms with E-state index < -0.39 is 6.03 Å². The van der Waals surface area contributed by atoms with Gasteiger partial charge in [0.05, 0.1) is 5.52 Å². The summed E-state index contributed by atoms with van der Waals surface area (Å²) in [4.78, 5) is 14.5. The van der Waals surface area contributed by atoms with Gasteiger partial charge in [-0.05, 0) is 30.3 Å². The number of amides is 2. The summed E-state index contributed by atoms with van der Waals surface area (Å²) in [6.45, 7) is 0. The molecule has 3 rings (SSSR count). The summed E-state index contributed by atoms with van der Waals surface area (Å²) in [5, 5.41) is 21.0. The molecule has 0 aliphatic rings. The molecule has 3 N–H and O–H groups in total. The van der Waals surface area contributed by atoms with Crippen molar-refractivity contribution in [2.24, 2.45) is 10.2 Å². The molecule has 0 saturated heterocycles. The van der Waals surface area contributed by atoms with Gasteiger partial charge < -0.3 is 15.4 Å². The highest BCUT2D eigenvalue weighted by Gasteiger charge is 2.10. The van der Waals surface area contributed by atoms with E-state index in [0.29, 0.717) is 21.6 Å². The summed E-state index contributed by atoms with van der Waals surface area (Å²) in [5.41, 5.74) is 1.49.